The van der Waals surface area contributed by atoms with Gasteiger partial charge >= 0.3 is 0 Å². The van der Waals surface area contributed by atoms with Crippen molar-refractivity contribution >= 4 is 0 Å². The van der Waals surface area contributed by atoms with Crippen molar-refractivity contribution in [2.75, 3.05) is 7.11 Å². The molecule has 1 unspecified atom stereocenters. The highest BCUT2D eigenvalue weighted by Crippen LogP contribution is 2.29. The summed E-state index contributed by atoms with van der Waals surface area (Å²) in [6, 6.07) is 4.44. The molecule has 0 spiro atoms. The smallest absolute Gasteiger partial charge is 0.132 e. The molecule has 15 heavy (non-hydrogen) atoms. The van der Waals surface area contributed by atoms with Crippen LogP contribution in [-0.2, 0) is 0 Å². The normalized spacial score (nSPS) is 11.5. The van der Waals surface area contributed by atoms with Gasteiger partial charge in [0.05, 0.1) is 18.8 Å². The molecule has 1 N–H and O–H groups in total. The Morgan fingerprint density at radius 1 is 1.53 bits per heavy atom. The van der Waals surface area contributed by atoms with Crippen LogP contribution in [0.1, 0.15) is 25.0 Å². The van der Waals surface area contributed by atoms with E-state index in [4.69, 9.17) is 4.74 Å². The fourth-order valence-electron chi connectivity index (χ4n) is 1.32. The fraction of sp³-hybridized carbons (Fsp3) is 0.333. The van der Waals surface area contributed by atoms with Crippen LogP contribution in [0.4, 0.5) is 4.39 Å². The summed E-state index contributed by atoms with van der Waals surface area (Å²) in [7, 11) is 1.44. The second-order valence-electron chi connectivity index (χ2n) is 3.00. The lowest BCUT2D eigenvalue weighted by molar-refractivity contribution is 0.174. The second-order valence-corrected chi connectivity index (χ2v) is 3.00. The standard InChI is InChI=1S/C12H13FO2/c1-3-4-7-10(14)12-9(13)6-5-8-11(12)15-2/h5-6,8,10,14H,7H2,1-2H3. The molecule has 80 valence electrons. The van der Waals surface area contributed by atoms with E-state index in [1.807, 2.05) is 0 Å². The minimum atomic E-state index is -0.950. The molecule has 0 heterocycles. The third-order valence-electron chi connectivity index (χ3n) is 2.04. The van der Waals surface area contributed by atoms with Crippen LogP contribution in [0.15, 0.2) is 18.2 Å². The predicted molar refractivity (Wildman–Crippen MR) is 56.0 cm³/mol. The van der Waals surface area contributed by atoms with Gasteiger partial charge in [-0.25, -0.2) is 4.39 Å². The van der Waals surface area contributed by atoms with Gasteiger partial charge in [0, 0.05) is 6.42 Å². The molecule has 1 aromatic carbocycles. The molecule has 1 rings (SSSR count). The zero-order valence-corrected chi connectivity index (χ0v) is 8.75. The van der Waals surface area contributed by atoms with E-state index in [-0.39, 0.29) is 12.0 Å². The molecule has 0 aliphatic rings. The molecule has 3 heteroatoms. The first kappa shape index (κ1) is 11.5. The zero-order chi connectivity index (χ0) is 11.3. The first-order chi connectivity index (χ1) is 7.20. The highest BCUT2D eigenvalue weighted by molar-refractivity contribution is 5.36. The minimum Gasteiger partial charge on any atom is -0.496 e. The van der Waals surface area contributed by atoms with Crippen LogP contribution in [-0.4, -0.2) is 12.2 Å². The fourth-order valence-corrected chi connectivity index (χ4v) is 1.32. The highest BCUT2D eigenvalue weighted by atomic mass is 19.1. The van der Waals surface area contributed by atoms with Gasteiger partial charge in [-0.2, -0.15) is 0 Å². The first-order valence-corrected chi connectivity index (χ1v) is 4.60. The topological polar surface area (TPSA) is 29.5 Å². The maximum absolute atomic E-state index is 13.4. The number of aliphatic hydroxyl groups excluding tert-OH is 1. The zero-order valence-electron chi connectivity index (χ0n) is 8.75. The number of aliphatic hydroxyl groups is 1. The predicted octanol–water partition coefficient (Wildman–Crippen LogP) is 2.28. The van der Waals surface area contributed by atoms with Gasteiger partial charge in [0.1, 0.15) is 11.6 Å². The molecule has 0 amide bonds. The molecule has 0 fully saturated rings. The number of hydrogen-bond donors (Lipinski definition) is 1. The largest absolute Gasteiger partial charge is 0.496 e. The van der Waals surface area contributed by atoms with Gasteiger partial charge in [0.25, 0.3) is 0 Å². The summed E-state index contributed by atoms with van der Waals surface area (Å²) < 4.78 is 18.4. The summed E-state index contributed by atoms with van der Waals surface area (Å²) in [5, 5.41) is 9.72. The molecular formula is C12H13FO2. The Morgan fingerprint density at radius 3 is 2.87 bits per heavy atom. The van der Waals surface area contributed by atoms with Gasteiger partial charge in [-0.05, 0) is 19.1 Å². The van der Waals surface area contributed by atoms with Gasteiger partial charge in [0.15, 0.2) is 0 Å². The Morgan fingerprint density at radius 2 is 2.27 bits per heavy atom. The van der Waals surface area contributed by atoms with Crippen molar-refractivity contribution in [3.63, 3.8) is 0 Å². The lowest BCUT2D eigenvalue weighted by atomic mass is 10.0. The summed E-state index contributed by atoms with van der Waals surface area (Å²) in [6.07, 6.45) is -0.748. The number of rotatable bonds is 3. The van der Waals surface area contributed by atoms with Crippen LogP contribution in [0.25, 0.3) is 0 Å². The highest BCUT2D eigenvalue weighted by Gasteiger charge is 2.16. The number of methoxy groups -OCH3 is 1. The van der Waals surface area contributed by atoms with E-state index in [2.05, 4.69) is 11.8 Å². The molecule has 1 aromatic rings. The van der Waals surface area contributed by atoms with Crippen LogP contribution < -0.4 is 4.74 Å². The lowest BCUT2D eigenvalue weighted by Crippen LogP contribution is -2.03. The SMILES string of the molecule is CC#CCC(O)c1c(F)cccc1OC. The summed E-state index contributed by atoms with van der Waals surface area (Å²) in [4.78, 5) is 0. The van der Waals surface area contributed by atoms with Crippen molar-refractivity contribution in [2.45, 2.75) is 19.4 Å². The molecule has 2 nitrogen and oxygen atoms in total. The quantitative estimate of drug-likeness (QED) is 0.772. The van der Waals surface area contributed by atoms with Gasteiger partial charge in [-0.3, -0.25) is 0 Å². The van der Waals surface area contributed by atoms with Crippen LogP contribution >= 0.6 is 0 Å². The van der Waals surface area contributed by atoms with Crippen molar-refractivity contribution in [1.29, 1.82) is 0 Å². The van der Waals surface area contributed by atoms with Gasteiger partial charge < -0.3 is 9.84 Å². The van der Waals surface area contributed by atoms with Crippen molar-refractivity contribution in [3.8, 4) is 17.6 Å². The Balaban J connectivity index is 3.03. The van der Waals surface area contributed by atoms with Gasteiger partial charge in [-0.15, -0.1) is 11.8 Å². The van der Waals surface area contributed by atoms with Crippen molar-refractivity contribution < 1.29 is 14.2 Å². The average Bonchev–Trinajstić information content (AvgIpc) is 2.25. The van der Waals surface area contributed by atoms with Crippen LogP contribution in [0.3, 0.4) is 0 Å². The Labute approximate surface area is 88.7 Å². The Bertz CT molecular complexity index is 390. The molecule has 0 aliphatic carbocycles. The summed E-state index contributed by atoms with van der Waals surface area (Å²) in [5.41, 5.74) is 0.169. The second kappa shape index (κ2) is 5.38. The van der Waals surface area contributed by atoms with E-state index in [1.54, 1.807) is 13.0 Å². The molecule has 0 aliphatic heterocycles. The molecule has 0 bridgehead atoms. The third kappa shape index (κ3) is 2.71. The van der Waals surface area contributed by atoms with Crippen LogP contribution in [0.5, 0.6) is 5.75 Å². The number of hydrogen-bond acceptors (Lipinski definition) is 2. The van der Waals surface area contributed by atoms with E-state index >= 15 is 0 Å². The van der Waals surface area contributed by atoms with Crippen molar-refractivity contribution in [3.05, 3.63) is 29.6 Å². The number of halogens is 1. The van der Waals surface area contributed by atoms with Gasteiger partial charge in [-0.1, -0.05) is 6.07 Å². The molecule has 1 atom stereocenters. The van der Waals surface area contributed by atoms with E-state index < -0.39 is 11.9 Å². The lowest BCUT2D eigenvalue weighted by Gasteiger charge is -2.13. The van der Waals surface area contributed by atoms with E-state index in [1.165, 1.54) is 19.2 Å². The van der Waals surface area contributed by atoms with E-state index in [9.17, 15) is 9.50 Å². The van der Waals surface area contributed by atoms with Crippen LogP contribution in [0, 0.1) is 17.7 Å². The molecule has 0 saturated carbocycles. The van der Waals surface area contributed by atoms with E-state index in [0.29, 0.717) is 5.75 Å². The monoisotopic (exact) mass is 208 g/mol. The third-order valence-corrected chi connectivity index (χ3v) is 2.04. The number of benzene rings is 1. The minimum absolute atomic E-state index is 0.169. The molecule has 0 saturated heterocycles. The summed E-state index contributed by atoms with van der Waals surface area (Å²) in [5.74, 6) is 5.23. The average molecular weight is 208 g/mol. The van der Waals surface area contributed by atoms with Crippen LogP contribution in [0.2, 0.25) is 0 Å². The van der Waals surface area contributed by atoms with Gasteiger partial charge in [0.2, 0.25) is 0 Å². The van der Waals surface area contributed by atoms with Crippen molar-refractivity contribution in [1.82, 2.24) is 0 Å². The first-order valence-electron chi connectivity index (χ1n) is 4.60. The maximum atomic E-state index is 13.4. The molecule has 0 radical (unpaired) electrons. The summed E-state index contributed by atoms with van der Waals surface area (Å²) >= 11 is 0. The Kier molecular flexibility index (Phi) is 4.14. The molecule has 0 aromatic heterocycles. The summed E-state index contributed by atoms with van der Waals surface area (Å²) in [6.45, 7) is 1.67. The Hall–Kier alpha value is -1.53. The maximum Gasteiger partial charge on any atom is 0.132 e. The van der Waals surface area contributed by atoms with E-state index in [0.717, 1.165) is 0 Å². The van der Waals surface area contributed by atoms with Crippen molar-refractivity contribution in [2.24, 2.45) is 0 Å². The number of ether oxygens (including phenoxy) is 1. The molecular weight excluding hydrogens is 195 g/mol.